The number of amides is 1. The molecule has 0 saturated carbocycles. The summed E-state index contributed by atoms with van der Waals surface area (Å²) in [5.74, 6) is -0.503. The molecule has 0 radical (unpaired) electrons. The van der Waals surface area contributed by atoms with E-state index in [-0.39, 0.29) is 24.9 Å². The van der Waals surface area contributed by atoms with Gasteiger partial charge in [-0.2, -0.15) is 0 Å². The molecule has 0 aliphatic rings. The molecule has 0 aliphatic heterocycles. The fourth-order valence-corrected chi connectivity index (χ4v) is 7.30. The molecule has 3 atom stereocenters. The third-order valence-corrected chi connectivity index (χ3v) is 11.1. The number of hydrogen-bond donors (Lipinski definition) is 3. The number of nitrogens with one attached hydrogen (secondary N) is 1. The van der Waals surface area contributed by atoms with Crippen LogP contribution in [-0.4, -0.2) is 46.9 Å². The van der Waals surface area contributed by atoms with Crippen molar-refractivity contribution in [3.63, 3.8) is 0 Å². The molecule has 59 heavy (non-hydrogen) atoms. The van der Waals surface area contributed by atoms with Crippen molar-refractivity contribution in [2.75, 3.05) is 6.61 Å². The summed E-state index contributed by atoms with van der Waals surface area (Å²) >= 11 is 0. The van der Waals surface area contributed by atoms with E-state index in [2.05, 4.69) is 86.8 Å². The van der Waals surface area contributed by atoms with Crippen LogP contribution in [0.15, 0.2) is 60.8 Å². The molecule has 3 unspecified atom stereocenters. The van der Waals surface area contributed by atoms with Crippen LogP contribution in [0.4, 0.5) is 0 Å². The summed E-state index contributed by atoms with van der Waals surface area (Å²) in [6.45, 7) is 6.32. The highest BCUT2D eigenvalue weighted by molar-refractivity contribution is 5.77. The number of aliphatic hydroxyl groups is 2. The van der Waals surface area contributed by atoms with Gasteiger partial charge in [0.1, 0.15) is 6.10 Å². The van der Waals surface area contributed by atoms with E-state index in [4.69, 9.17) is 4.74 Å². The van der Waals surface area contributed by atoms with Crippen molar-refractivity contribution < 1.29 is 24.5 Å². The second-order valence-electron chi connectivity index (χ2n) is 16.8. The highest BCUT2D eigenvalue weighted by Gasteiger charge is 2.24. The summed E-state index contributed by atoms with van der Waals surface area (Å²) in [7, 11) is 0. The number of carbonyl (C=O) groups is 2. The largest absolute Gasteiger partial charge is 0.462 e. The van der Waals surface area contributed by atoms with E-state index in [0.29, 0.717) is 19.3 Å². The molecule has 0 aromatic heterocycles. The average Bonchev–Trinajstić information content (AvgIpc) is 3.23. The zero-order valence-electron chi connectivity index (χ0n) is 38.9. The van der Waals surface area contributed by atoms with Gasteiger partial charge in [-0.1, -0.05) is 197 Å². The van der Waals surface area contributed by atoms with Gasteiger partial charge in [0.25, 0.3) is 0 Å². The van der Waals surface area contributed by atoms with Crippen LogP contribution in [-0.2, 0) is 14.3 Å². The molecule has 0 bridgehead atoms. The number of carbonyl (C=O) groups excluding carboxylic acids is 2. The van der Waals surface area contributed by atoms with Gasteiger partial charge in [0.05, 0.1) is 25.2 Å². The zero-order chi connectivity index (χ0) is 43.1. The van der Waals surface area contributed by atoms with E-state index < -0.39 is 18.2 Å². The molecule has 0 heterocycles. The van der Waals surface area contributed by atoms with Crippen LogP contribution < -0.4 is 5.32 Å². The summed E-state index contributed by atoms with van der Waals surface area (Å²) in [5.41, 5.74) is 0. The standard InChI is InChI=1S/C53H95NO5/c1-4-7-10-13-16-19-21-23-25-27-29-31-34-37-40-43-46-53(58)59-49(44-41-38-35-33-30-28-26-24-22-20-17-14-11-8-5-2)47-52(57)54-50(48-55)51(56)45-42-39-36-32-18-15-12-9-6-3/h7,10,16-17,19-20,23-26,49-51,55-56H,4-6,8-9,11-15,18,21-22,27-48H2,1-3H3,(H,54,57)/b10-7+,19-16+,20-17-,25-23+,26-24-. The normalized spacial score (nSPS) is 13.8. The minimum absolute atomic E-state index is 0.0614. The van der Waals surface area contributed by atoms with Crippen molar-refractivity contribution in [3.8, 4) is 0 Å². The molecule has 0 aliphatic carbocycles. The van der Waals surface area contributed by atoms with Crippen LogP contribution in [0, 0.1) is 0 Å². The summed E-state index contributed by atoms with van der Waals surface area (Å²) < 4.78 is 5.92. The van der Waals surface area contributed by atoms with Crippen molar-refractivity contribution in [2.24, 2.45) is 0 Å². The Balaban J connectivity index is 4.63. The third-order valence-electron chi connectivity index (χ3n) is 11.1. The number of unbranched alkanes of at least 4 members (excludes halogenated alkanes) is 22. The van der Waals surface area contributed by atoms with Crippen LogP contribution in [0.25, 0.3) is 0 Å². The maximum atomic E-state index is 13.2. The lowest BCUT2D eigenvalue weighted by atomic mass is 10.0. The van der Waals surface area contributed by atoms with Crippen molar-refractivity contribution in [2.45, 2.75) is 257 Å². The minimum Gasteiger partial charge on any atom is -0.462 e. The van der Waals surface area contributed by atoms with E-state index >= 15 is 0 Å². The first-order valence-corrected chi connectivity index (χ1v) is 25.0. The summed E-state index contributed by atoms with van der Waals surface area (Å²) in [6.07, 6.45) is 57.1. The maximum Gasteiger partial charge on any atom is 0.306 e. The van der Waals surface area contributed by atoms with Crippen molar-refractivity contribution in [1.82, 2.24) is 5.32 Å². The predicted molar refractivity (Wildman–Crippen MR) is 255 cm³/mol. The van der Waals surface area contributed by atoms with Crippen LogP contribution in [0.2, 0.25) is 0 Å². The number of ether oxygens (including phenoxy) is 1. The van der Waals surface area contributed by atoms with Crippen LogP contribution in [0.1, 0.15) is 239 Å². The second kappa shape index (κ2) is 46.6. The van der Waals surface area contributed by atoms with Gasteiger partial charge < -0.3 is 20.3 Å². The smallest absolute Gasteiger partial charge is 0.306 e. The molecule has 0 saturated heterocycles. The Morgan fingerprint density at radius 3 is 1.42 bits per heavy atom. The van der Waals surface area contributed by atoms with Gasteiger partial charge in [0.2, 0.25) is 5.91 Å². The lowest BCUT2D eigenvalue weighted by Gasteiger charge is -2.24. The van der Waals surface area contributed by atoms with Crippen LogP contribution >= 0.6 is 0 Å². The van der Waals surface area contributed by atoms with E-state index in [1.165, 1.54) is 96.3 Å². The molecule has 0 fully saturated rings. The molecule has 0 spiro atoms. The third kappa shape index (κ3) is 42.1. The molecule has 1 amide bonds. The highest BCUT2D eigenvalue weighted by atomic mass is 16.5. The van der Waals surface area contributed by atoms with E-state index in [1.54, 1.807) is 0 Å². The first-order chi connectivity index (χ1) is 29.0. The number of hydrogen-bond acceptors (Lipinski definition) is 5. The first kappa shape index (κ1) is 56.6. The summed E-state index contributed by atoms with van der Waals surface area (Å²) in [6, 6.07) is -0.708. The Hall–Kier alpha value is -2.44. The highest BCUT2D eigenvalue weighted by Crippen LogP contribution is 2.17. The quantitative estimate of drug-likeness (QED) is 0.0323. The van der Waals surface area contributed by atoms with Crippen molar-refractivity contribution in [1.29, 1.82) is 0 Å². The molecule has 342 valence electrons. The molecule has 0 rings (SSSR count). The van der Waals surface area contributed by atoms with Gasteiger partial charge in [-0.15, -0.1) is 0 Å². The van der Waals surface area contributed by atoms with Gasteiger partial charge >= 0.3 is 5.97 Å². The topological polar surface area (TPSA) is 95.9 Å². The number of aliphatic hydroxyl groups excluding tert-OH is 2. The zero-order valence-corrected chi connectivity index (χ0v) is 38.9. The maximum absolute atomic E-state index is 13.2. The Morgan fingerprint density at radius 1 is 0.508 bits per heavy atom. The molecule has 6 heteroatoms. The van der Waals surface area contributed by atoms with Gasteiger partial charge in [0, 0.05) is 6.42 Å². The van der Waals surface area contributed by atoms with Gasteiger partial charge in [0.15, 0.2) is 0 Å². The summed E-state index contributed by atoms with van der Waals surface area (Å²) in [5, 5.41) is 23.7. The van der Waals surface area contributed by atoms with E-state index in [1.807, 2.05) is 0 Å². The van der Waals surface area contributed by atoms with Crippen molar-refractivity contribution in [3.05, 3.63) is 60.8 Å². The Morgan fingerprint density at radius 2 is 0.915 bits per heavy atom. The van der Waals surface area contributed by atoms with E-state index in [0.717, 1.165) is 96.3 Å². The predicted octanol–water partition coefficient (Wildman–Crippen LogP) is 14.8. The van der Waals surface area contributed by atoms with Crippen LogP contribution in [0.3, 0.4) is 0 Å². The Kier molecular flexibility index (Phi) is 44.7. The average molecular weight is 826 g/mol. The van der Waals surface area contributed by atoms with Crippen LogP contribution in [0.5, 0.6) is 0 Å². The lowest BCUT2D eigenvalue weighted by Crippen LogP contribution is -2.46. The molecule has 3 N–H and O–H groups in total. The lowest BCUT2D eigenvalue weighted by molar-refractivity contribution is -0.151. The first-order valence-electron chi connectivity index (χ1n) is 25.0. The van der Waals surface area contributed by atoms with Gasteiger partial charge in [-0.3, -0.25) is 9.59 Å². The molecular formula is C53H95NO5. The molecule has 0 aromatic carbocycles. The number of rotatable bonds is 44. The Bertz CT molecular complexity index is 1060. The molecule has 0 aromatic rings. The van der Waals surface area contributed by atoms with Gasteiger partial charge in [-0.05, 0) is 89.9 Å². The number of allylic oxidation sites excluding steroid dienone is 10. The monoisotopic (exact) mass is 826 g/mol. The van der Waals surface area contributed by atoms with E-state index in [9.17, 15) is 19.8 Å². The van der Waals surface area contributed by atoms with Gasteiger partial charge in [-0.25, -0.2) is 0 Å². The summed E-state index contributed by atoms with van der Waals surface area (Å²) in [4.78, 5) is 26.1. The fraction of sp³-hybridized carbons (Fsp3) is 0.774. The minimum atomic E-state index is -0.793. The molecule has 6 nitrogen and oxygen atoms in total. The second-order valence-corrected chi connectivity index (χ2v) is 16.8. The molecular weight excluding hydrogens is 731 g/mol. The van der Waals surface area contributed by atoms with Crippen molar-refractivity contribution >= 4 is 11.9 Å². The fourth-order valence-electron chi connectivity index (χ4n) is 7.30. The SMILES string of the molecule is CC/C=C/C/C=C/C/C=C/CCCCCCCCC(=O)OC(CCCCCCC/C=C\C/C=C\CCCCC)CC(=O)NC(CO)C(O)CCCCCCCCCCC. The number of esters is 1. The Labute approximate surface area is 365 Å².